The summed E-state index contributed by atoms with van der Waals surface area (Å²) in [6.45, 7) is 7.15. The van der Waals surface area contributed by atoms with Crippen LogP contribution in [0.3, 0.4) is 0 Å². The summed E-state index contributed by atoms with van der Waals surface area (Å²) >= 11 is 0. The summed E-state index contributed by atoms with van der Waals surface area (Å²) in [4.78, 5) is 4.37. The van der Waals surface area contributed by atoms with E-state index >= 15 is 0 Å². The molecule has 0 radical (unpaired) electrons. The Hall–Kier alpha value is -2.17. The van der Waals surface area contributed by atoms with Crippen molar-refractivity contribution in [2.75, 3.05) is 17.2 Å². The van der Waals surface area contributed by atoms with Gasteiger partial charge in [0, 0.05) is 12.2 Å². The third-order valence-electron chi connectivity index (χ3n) is 2.52. The first-order valence-corrected chi connectivity index (χ1v) is 6.41. The number of aromatic nitrogens is 3. The molecule has 2 rings (SSSR count). The zero-order valence-electron chi connectivity index (χ0n) is 11.5. The summed E-state index contributed by atoms with van der Waals surface area (Å²) in [6, 6.07) is 8.11. The second-order valence-electron chi connectivity index (χ2n) is 4.93. The summed E-state index contributed by atoms with van der Waals surface area (Å²) in [5, 5.41) is 14.3. The Morgan fingerprint density at radius 3 is 2.84 bits per heavy atom. The number of anilines is 3. The fourth-order valence-electron chi connectivity index (χ4n) is 1.60. The van der Waals surface area contributed by atoms with Gasteiger partial charge in [-0.2, -0.15) is 10.1 Å². The molecule has 5 heteroatoms. The van der Waals surface area contributed by atoms with Crippen LogP contribution < -0.4 is 10.6 Å². The fraction of sp³-hybridized carbons (Fsp3) is 0.357. The molecular formula is C14H19N5. The molecule has 0 amide bonds. The molecule has 100 valence electrons. The molecular weight excluding hydrogens is 238 g/mol. The van der Waals surface area contributed by atoms with Gasteiger partial charge in [0.1, 0.15) is 0 Å². The van der Waals surface area contributed by atoms with E-state index in [-0.39, 0.29) is 0 Å². The average Bonchev–Trinajstić information content (AvgIpc) is 2.37. The van der Waals surface area contributed by atoms with Gasteiger partial charge >= 0.3 is 0 Å². The van der Waals surface area contributed by atoms with Crippen LogP contribution in [-0.4, -0.2) is 21.7 Å². The molecule has 0 aliphatic heterocycles. The minimum atomic E-state index is 0.539. The zero-order chi connectivity index (χ0) is 13.7. The van der Waals surface area contributed by atoms with Crippen LogP contribution in [-0.2, 0) is 0 Å². The monoisotopic (exact) mass is 257 g/mol. The van der Waals surface area contributed by atoms with Crippen molar-refractivity contribution in [1.82, 2.24) is 15.2 Å². The number of rotatable bonds is 5. The molecule has 0 unspecified atom stereocenters. The molecule has 2 aromatic rings. The maximum absolute atomic E-state index is 4.37. The average molecular weight is 257 g/mol. The highest BCUT2D eigenvalue weighted by Crippen LogP contribution is 2.15. The van der Waals surface area contributed by atoms with E-state index in [0.29, 0.717) is 17.7 Å². The van der Waals surface area contributed by atoms with Crippen molar-refractivity contribution in [3.8, 4) is 0 Å². The van der Waals surface area contributed by atoms with Crippen molar-refractivity contribution < 1.29 is 0 Å². The molecule has 1 aromatic heterocycles. The lowest BCUT2D eigenvalue weighted by Crippen LogP contribution is -2.11. The lowest BCUT2D eigenvalue weighted by atomic mass is 10.2. The molecule has 5 nitrogen and oxygen atoms in total. The Bertz CT molecular complexity index is 539. The largest absolute Gasteiger partial charge is 0.353 e. The first-order chi connectivity index (χ1) is 9.13. The SMILES string of the molecule is Cc1cccc(Nc2cnnc(NCC(C)C)n2)c1. The van der Waals surface area contributed by atoms with E-state index in [0.717, 1.165) is 12.2 Å². The van der Waals surface area contributed by atoms with Crippen LogP contribution in [0.15, 0.2) is 30.5 Å². The molecule has 0 atom stereocenters. The molecule has 1 aromatic carbocycles. The van der Waals surface area contributed by atoms with Gasteiger partial charge in [-0.25, -0.2) is 0 Å². The normalized spacial score (nSPS) is 10.5. The standard InChI is InChI=1S/C14H19N5/c1-10(2)8-15-14-18-13(9-16-19-14)17-12-6-4-5-11(3)7-12/h4-7,9-10H,8H2,1-3H3,(H2,15,17,18,19). The van der Waals surface area contributed by atoms with E-state index < -0.39 is 0 Å². The molecule has 0 fully saturated rings. The van der Waals surface area contributed by atoms with Crippen molar-refractivity contribution in [3.63, 3.8) is 0 Å². The lowest BCUT2D eigenvalue weighted by Gasteiger charge is -2.09. The first kappa shape index (κ1) is 13.3. The van der Waals surface area contributed by atoms with E-state index in [2.05, 4.69) is 58.7 Å². The van der Waals surface area contributed by atoms with Gasteiger partial charge in [-0.05, 0) is 30.5 Å². The number of hydrogen-bond donors (Lipinski definition) is 2. The summed E-state index contributed by atoms with van der Waals surface area (Å²) in [5.41, 5.74) is 2.19. The highest BCUT2D eigenvalue weighted by molar-refractivity contribution is 5.56. The smallest absolute Gasteiger partial charge is 0.244 e. The number of aryl methyl sites for hydroxylation is 1. The van der Waals surface area contributed by atoms with Crippen molar-refractivity contribution in [1.29, 1.82) is 0 Å². The first-order valence-electron chi connectivity index (χ1n) is 6.41. The quantitative estimate of drug-likeness (QED) is 0.862. The van der Waals surface area contributed by atoms with Crippen LogP contribution in [0, 0.1) is 12.8 Å². The maximum atomic E-state index is 4.37. The third kappa shape index (κ3) is 4.21. The van der Waals surface area contributed by atoms with E-state index in [4.69, 9.17) is 0 Å². The number of nitrogens with one attached hydrogen (secondary N) is 2. The maximum Gasteiger partial charge on any atom is 0.244 e. The highest BCUT2D eigenvalue weighted by Gasteiger charge is 2.02. The van der Waals surface area contributed by atoms with Gasteiger partial charge in [0.2, 0.25) is 5.95 Å². The Labute approximate surface area is 113 Å². The van der Waals surface area contributed by atoms with Crippen LogP contribution in [0.5, 0.6) is 0 Å². The molecule has 1 heterocycles. The Morgan fingerprint density at radius 2 is 2.11 bits per heavy atom. The van der Waals surface area contributed by atoms with Gasteiger partial charge < -0.3 is 10.6 Å². The van der Waals surface area contributed by atoms with Gasteiger partial charge in [-0.3, -0.25) is 0 Å². The summed E-state index contributed by atoms with van der Waals surface area (Å²) < 4.78 is 0. The molecule has 19 heavy (non-hydrogen) atoms. The Balaban J connectivity index is 2.06. The van der Waals surface area contributed by atoms with Crippen molar-refractivity contribution in [3.05, 3.63) is 36.0 Å². The number of hydrogen-bond acceptors (Lipinski definition) is 5. The van der Waals surface area contributed by atoms with E-state index in [9.17, 15) is 0 Å². The van der Waals surface area contributed by atoms with Crippen LogP contribution in [0.25, 0.3) is 0 Å². The van der Waals surface area contributed by atoms with Crippen molar-refractivity contribution >= 4 is 17.5 Å². The fourth-order valence-corrected chi connectivity index (χ4v) is 1.60. The second-order valence-corrected chi connectivity index (χ2v) is 4.93. The van der Waals surface area contributed by atoms with Crippen LogP contribution >= 0.6 is 0 Å². The molecule has 0 spiro atoms. The van der Waals surface area contributed by atoms with Gasteiger partial charge in [0.05, 0.1) is 6.20 Å². The number of nitrogens with zero attached hydrogens (tertiary/aromatic N) is 3. The summed E-state index contributed by atoms with van der Waals surface area (Å²) in [6.07, 6.45) is 1.61. The predicted octanol–water partition coefficient (Wildman–Crippen LogP) is 2.99. The topological polar surface area (TPSA) is 62.7 Å². The van der Waals surface area contributed by atoms with Gasteiger partial charge in [-0.15, -0.1) is 5.10 Å². The third-order valence-corrected chi connectivity index (χ3v) is 2.52. The van der Waals surface area contributed by atoms with Crippen molar-refractivity contribution in [2.45, 2.75) is 20.8 Å². The molecule has 0 saturated carbocycles. The van der Waals surface area contributed by atoms with Gasteiger partial charge in [0.25, 0.3) is 0 Å². The second kappa shape index (κ2) is 6.13. The van der Waals surface area contributed by atoms with E-state index in [1.54, 1.807) is 6.20 Å². The van der Waals surface area contributed by atoms with E-state index in [1.807, 2.05) is 12.1 Å². The zero-order valence-corrected chi connectivity index (χ0v) is 11.5. The summed E-state index contributed by atoms with van der Waals surface area (Å²) in [5.74, 6) is 1.77. The van der Waals surface area contributed by atoms with Gasteiger partial charge in [-0.1, -0.05) is 26.0 Å². The molecule has 0 aliphatic rings. The molecule has 0 saturated heterocycles. The Kier molecular flexibility index (Phi) is 4.28. The Morgan fingerprint density at radius 1 is 1.26 bits per heavy atom. The minimum Gasteiger partial charge on any atom is -0.353 e. The molecule has 2 N–H and O–H groups in total. The predicted molar refractivity (Wildman–Crippen MR) is 77.6 cm³/mol. The lowest BCUT2D eigenvalue weighted by molar-refractivity contribution is 0.682. The van der Waals surface area contributed by atoms with E-state index in [1.165, 1.54) is 5.56 Å². The molecule has 0 bridgehead atoms. The summed E-state index contributed by atoms with van der Waals surface area (Å²) in [7, 11) is 0. The molecule has 0 aliphatic carbocycles. The minimum absolute atomic E-state index is 0.539. The van der Waals surface area contributed by atoms with Gasteiger partial charge in [0.15, 0.2) is 5.82 Å². The van der Waals surface area contributed by atoms with Crippen molar-refractivity contribution in [2.24, 2.45) is 5.92 Å². The van der Waals surface area contributed by atoms with Crippen LogP contribution in [0.1, 0.15) is 19.4 Å². The van der Waals surface area contributed by atoms with Crippen LogP contribution in [0.2, 0.25) is 0 Å². The highest BCUT2D eigenvalue weighted by atomic mass is 15.3. The number of benzene rings is 1. The van der Waals surface area contributed by atoms with Crippen LogP contribution in [0.4, 0.5) is 17.5 Å².